The first-order valence-corrected chi connectivity index (χ1v) is 9.66. The van der Waals surface area contributed by atoms with Crippen LogP contribution >= 0.6 is 0 Å². The van der Waals surface area contributed by atoms with Crippen LogP contribution in [0.1, 0.15) is 24.8 Å². The summed E-state index contributed by atoms with van der Waals surface area (Å²) in [4.78, 5) is 14.8. The zero-order valence-electron chi connectivity index (χ0n) is 15.1. The molecule has 3 rings (SSSR count). The van der Waals surface area contributed by atoms with Gasteiger partial charge in [0.1, 0.15) is 0 Å². The fourth-order valence-corrected chi connectivity index (χ4v) is 3.76. The molecule has 0 spiro atoms. The van der Waals surface area contributed by atoms with E-state index in [1.165, 1.54) is 18.4 Å². The molecule has 2 aliphatic rings. The van der Waals surface area contributed by atoms with E-state index in [1.807, 2.05) is 0 Å². The maximum Gasteiger partial charge on any atom is 0.237 e. The number of benzene rings is 1. The number of nitrogens with one attached hydrogen (secondary N) is 2. The monoisotopic (exact) mass is 345 g/mol. The molecule has 2 heterocycles. The molecule has 5 nitrogen and oxygen atoms in total. The molecule has 0 radical (unpaired) electrons. The summed E-state index contributed by atoms with van der Waals surface area (Å²) in [5.41, 5.74) is 1.40. The second-order valence-electron chi connectivity index (χ2n) is 7.17. The van der Waals surface area contributed by atoms with Crippen molar-refractivity contribution in [2.24, 2.45) is 5.92 Å². The maximum absolute atomic E-state index is 12.4. The van der Waals surface area contributed by atoms with Gasteiger partial charge in [0, 0.05) is 26.2 Å². The molecule has 0 aromatic heterocycles. The molecule has 2 N–H and O–H groups in total. The number of rotatable bonds is 7. The lowest BCUT2D eigenvalue weighted by Gasteiger charge is -2.30. The minimum absolute atomic E-state index is 0.0285. The lowest BCUT2D eigenvalue weighted by atomic mass is 9.87. The lowest BCUT2D eigenvalue weighted by molar-refractivity contribution is -0.124. The third-order valence-electron chi connectivity index (χ3n) is 5.34. The molecule has 2 aliphatic heterocycles. The largest absolute Gasteiger partial charge is 0.379 e. The number of aryl methyl sites for hydroxylation is 1. The van der Waals surface area contributed by atoms with Crippen LogP contribution in [0.15, 0.2) is 30.3 Å². The number of carbonyl (C=O) groups is 1. The molecule has 0 bridgehead atoms. The number of nitrogens with zero attached hydrogens (tertiary/aromatic N) is 1. The van der Waals surface area contributed by atoms with Gasteiger partial charge in [0.25, 0.3) is 0 Å². The average molecular weight is 345 g/mol. The molecule has 1 aromatic rings. The van der Waals surface area contributed by atoms with Crippen LogP contribution in [0.2, 0.25) is 0 Å². The van der Waals surface area contributed by atoms with Crippen molar-refractivity contribution >= 4 is 5.91 Å². The smallest absolute Gasteiger partial charge is 0.237 e. The summed E-state index contributed by atoms with van der Waals surface area (Å²) in [6.45, 7) is 6.15. The quantitative estimate of drug-likeness (QED) is 0.785. The Kier molecular flexibility index (Phi) is 7.27. The van der Waals surface area contributed by atoms with E-state index in [0.717, 1.165) is 58.8 Å². The number of morpholine rings is 1. The van der Waals surface area contributed by atoms with Crippen molar-refractivity contribution in [1.82, 2.24) is 15.5 Å². The predicted octanol–water partition coefficient (Wildman–Crippen LogP) is 1.44. The molecule has 0 aliphatic carbocycles. The number of piperidine rings is 1. The van der Waals surface area contributed by atoms with Crippen LogP contribution < -0.4 is 10.6 Å². The molecule has 0 unspecified atom stereocenters. The number of amides is 1. The van der Waals surface area contributed by atoms with Gasteiger partial charge in [0.05, 0.1) is 19.3 Å². The minimum Gasteiger partial charge on any atom is -0.379 e. The average Bonchev–Trinajstić information content (AvgIpc) is 2.68. The van der Waals surface area contributed by atoms with Gasteiger partial charge in [-0.3, -0.25) is 9.69 Å². The van der Waals surface area contributed by atoms with Crippen molar-refractivity contribution in [2.45, 2.75) is 31.7 Å². The second-order valence-corrected chi connectivity index (χ2v) is 7.17. The van der Waals surface area contributed by atoms with Gasteiger partial charge in [-0.05, 0) is 43.7 Å². The van der Waals surface area contributed by atoms with E-state index in [1.54, 1.807) is 0 Å². The zero-order chi connectivity index (χ0) is 17.3. The van der Waals surface area contributed by atoms with Crippen molar-refractivity contribution in [2.75, 3.05) is 45.9 Å². The Labute approximate surface area is 151 Å². The topological polar surface area (TPSA) is 53.6 Å². The number of carbonyl (C=O) groups excluding carboxylic acids is 1. The fourth-order valence-electron chi connectivity index (χ4n) is 3.76. The number of ether oxygens (including phenoxy) is 1. The van der Waals surface area contributed by atoms with Gasteiger partial charge in [0.2, 0.25) is 5.91 Å². The summed E-state index contributed by atoms with van der Waals surface area (Å²) in [6, 6.07) is 10.6. The molecule has 2 saturated heterocycles. The van der Waals surface area contributed by atoms with Gasteiger partial charge in [-0.1, -0.05) is 30.3 Å². The third-order valence-corrected chi connectivity index (χ3v) is 5.34. The van der Waals surface area contributed by atoms with E-state index in [9.17, 15) is 4.79 Å². The Morgan fingerprint density at radius 3 is 2.84 bits per heavy atom. The van der Waals surface area contributed by atoms with Gasteiger partial charge in [-0.2, -0.15) is 0 Å². The zero-order valence-corrected chi connectivity index (χ0v) is 15.1. The van der Waals surface area contributed by atoms with Crippen molar-refractivity contribution in [3.63, 3.8) is 0 Å². The highest BCUT2D eigenvalue weighted by Gasteiger charge is 2.26. The van der Waals surface area contributed by atoms with Gasteiger partial charge >= 0.3 is 0 Å². The van der Waals surface area contributed by atoms with E-state index >= 15 is 0 Å². The molecule has 5 heteroatoms. The summed E-state index contributed by atoms with van der Waals surface area (Å²) in [5.74, 6) is 0.800. The Morgan fingerprint density at radius 1 is 1.24 bits per heavy atom. The molecule has 2 fully saturated rings. The Hall–Kier alpha value is -1.43. The number of hydrogen-bond donors (Lipinski definition) is 2. The first-order valence-electron chi connectivity index (χ1n) is 9.66. The van der Waals surface area contributed by atoms with Crippen molar-refractivity contribution in [3.05, 3.63) is 35.9 Å². The van der Waals surface area contributed by atoms with Crippen LogP contribution in [-0.4, -0.2) is 62.8 Å². The lowest BCUT2D eigenvalue weighted by Crippen LogP contribution is -2.50. The summed E-state index contributed by atoms with van der Waals surface area (Å²) >= 11 is 0. The van der Waals surface area contributed by atoms with Crippen molar-refractivity contribution in [3.8, 4) is 0 Å². The van der Waals surface area contributed by atoms with E-state index in [4.69, 9.17) is 4.74 Å². The molecule has 1 amide bonds. The highest BCUT2D eigenvalue weighted by atomic mass is 16.5. The third kappa shape index (κ3) is 6.10. The first kappa shape index (κ1) is 18.4. The molecular weight excluding hydrogens is 314 g/mol. The van der Waals surface area contributed by atoms with Crippen LogP contribution in [0, 0.1) is 5.92 Å². The Bertz CT molecular complexity index is 517. The molecule has 25 heavy (non-hydrogen) atoms. The van der Waals surface area contributed by atoms with E-state index < -0.39 is 0 Å². The predicted molar refractivity (Wildman–Crippen MR) is 99.5 cm³/mol. The van der Waals surface area contributed by atoms with E-state index in [-0.39, 0.29) is 11.9 Å². The minimum atomic E-state index is -0.0285. The molecule has 138 valence electrons. The van der Waals surface area contributed by atoms with Gasteiger partial charge in [-0.25, -0.2) is 0 Å². The Morgan fingerprint density at radius 2 is 2.04 bits per heavy atom. The van der Waals surface area contributed by atoms with E-state index in [2.05, 4.69) is 45.9 Å². The van der Waals surface area contributed by atoms with Crippen LogP contribution in [-0.2, 0) is 16.0 Å². The van der Waals surface area contributed by atoms with Crippen LogP contribution in [0.3, 0.4) is 0 Å². The van der Waals surface area contributed by atoms with Gasteiger partial charge in [-0.15, -0.1) is 0 Å². The van der Waals surface area contributed by atoms with Crippen molar-refractivity contribution < 1.29 is 9.53 Å². The number of hydrogen-bond acceptors (Lipinski definition) is 4. The van der Waals surface area contributed by atoms with E-state index in [0.29, 0.717) is 5.92 Å². The summed E-state index contributed by atoms with van der Waals surface area (Å²) in [6.07, 6.45) is 4.40. The first-order chi connectivity index (χ1) is 12.3. The highest BCUT2D eigenvalue weighted by molar-refractivity contribution is 5.81. The van der Waals surface area contributed by atoms with Crippen LogP contribution in [0.5, 0.6) is 0 Å². The molecular formula is C20H31N3O2. The summed E-state index contributed by atoms with van der Waals surface area (Å²) in [5, 5.41) is 6.50. The standard InChI is InChI=1S/C20H31N3O2/c24-20(22-10-11-23-12-14-25-15-13-23)19-16-18(8-9-21-19)7-6-17-4-2-1-3-5-17/h1-5,18-19,21H,6-16H2,(H,22,24)/t18-,19+/m1/s1. The van der Waals surface area contributed by atoms with Crippen molar-refractivity contribution in [1.29, 1.82) is 0 Å². The second kappa shape index (κ2) is 9.90. The summed E-state index contributed by atoms with van der Waals surface area (Å²) in [7, 11) is 0. The molecule has 0 saturated carbocycles. The fraction of sp³-hybridized carbons (Fsp3) is 0.650. The van der Waals surface area contributed by atoms with Gasteiger partial charge in [0.15, 0.2) is 0 Å². The normalized spacial score (nSPS) is 24.8. The van der Waals surface area contributed by atoms with Crippen LogP contribution in [0.4, 0.5) is 0 Å². The summed E-state index contributed by atoms with van der Waals surface area (Å²) < 4.78 is 5.35. The SMILES string of the molecule is O=C(NCCN1CCOCC1)[C@@H]1C[C@H](CCc2ccccc2)CCN1. The molecule has 2 atom stereocenters. The maximum atomic E-state index is 12.4. The van der Waals surface area contributed by atoms with Crippen LogP contribution in [0.25, 0.3) is 0 Å². The highest BCUT2D eigenvalue weighted by Crippen LogP contribution is 2.22. The van der Waals surface area contributed by atoms with Gasteiger partial charge < -0.3 is 15.4 Å². The Balaban J connectivity index is 1.35. The molecule has 1 aromatic carbocycles.